The molecule has 0 aliphatic heterocycles. The average Bonchev–Trinajstić information content (AvgIpc) is 3.21. The number of carbonyl (C=O) groups is 1. The van der Waals surface area contributed by atoms with Gasteiger partial charge in [-0.25, -0.2) is 0 Å². The first-order valence-corrected chi connectivity index (χ1v) is 10.1. The van der Waals surface area contributed by atoms with Crippen molar-refractivity contribution in [3.63, 3.8) is 0 Å². The first kappa shape index (κ1) is 19.2. The Hall–Kier alpha value is -2.54. The van der Waals surface area contributed by atoms with Gasteiger partial charge in [-0.05, 0) is 32.4 Å². The summed E-state index contributed by atoms with van der Waals surface area (Å²) >= 11 is 1.81. The molecule has 0 saturated carbocycles. The van der Waals surface area contributed by atoms with E-state index in [-0.39, 0.29) is 5.91 Å². The summed E-state index contributed by atoms with van der Waals surface area (Å²) < 4.78 is 1.82. The predicted octanol–water partition coefficient (Wildman–Crippen LogP) is 3.40. The van der Waals surface area contributed by atoms with Crippen LogP contribution in [0.2, 0.25) is 0 Å². The molecule has 0 atom stereocenters. The highest BCUT2D eigenvalue weighted by Gasteiger charge is 2.16. The number of thioether (sulfide) groups is 1. The highest BCUT2D eigenvalue weighted by atomic mass is 32.2. The van der Waals surface area contributed by atoms with Crippen molar-refractivity contribution < 1.29 is 4.79 Å². The molecule has 0 unspecified atom stereocenters. The third kappa shape index (κ3) is 4.60. The van der Waals surface area contributed by atoms with Gasteiger partial charge in [0, 0.05) is 36.4 Å². The minimum Gasteiger partial charge on any atom is -0.350 e. The average molecular weight is 384 g/mol. The van der Waals surface area contributed by atoms with Gasteiger partial charge in [0.15, 0.2) is 0 Å². The van der Waals surface area contributed by atoms with Gasteiger partial charge in [-0.1, -0.05) is 29.8 Å². The van der Waals surface area contributed by atoms with Crippen molar-refractivity contribution in [2.24, 2.45) is 7.05 Å². The number of aromatic nitrogens is 4. The molecule has 27 heavy (non-hydrogen) atoms. The first-order valence-electron chi connectivity index (χ1n) is 8.93. The van der Waals surface area contributed by atoms with E-state index in [1.54, 1.807) is 17.8 Å². The van der Waals surface area contributed by atoms with E-state index in [2.05, 4.69) is 51.8 Å². The number of hydrogen-bond acceptors (Lipinski definition) is 4. The molecular formula is C20H25N5OS. The molecule has 0 aliphatic carbocycles. The fourth-order valence-corrected chi connectivity index (χ4v) is 3.74. The maximum atomic E-state index is 12.3. The third-order valence-corrected chi connectivity index (χ3v) is 5.54. The predicted molar refractivity (Wildman–Crippen MR) is 110 cm³/mol. The van der Waals surface area contributed by atoms with E-state index < -0.39 is 0 Å². The number of nitrogens with zero attached hydrogens (tertiary/aromatic N) is 3. The number of rotatable bonds is 7. The van der Waals surface area contributed by atoms with Crippen molar-refractivity contribution in [3.05, 3.63) is 58.5 Å². The fraction of sp³-hybridized carbons (Fsp3) is 0.350. The van der Waals surface area contributed by atoms with E-state index in [1.807, 2.05) is 25.6 Å². The Morgan fingerprint density at radius 1 is 1.22 bits per heavy atom. The van der Waals surface area contributed by atoms with Gasteiger partial charge in [0.25, 0.3) is 5.91 Å². The minimum absolute atomic E-state index is 0.135. The number of aromatic amines is 1. The molecule has 0 bridgehead atoms. The van der Waals surface area contributed by atoms with E-state index in [0.717, 1.165) is 34.2 Å². The van der Waals surface area contributed by atoms with Crippen LogP contribution < -0.4 is 5.32 Å². The number of hydrogen-bond donors (Lipinski definition) is 2. The standard InChI is InChI=1S/C20H25N5OS/c1-13-5-7-16(8-6-13)12-27-10-9-21-20(26)18-11-17(22-23-18)19-14(2)24-25(4)15(19)3/h5-8,11H,9-10,12H2,1-4H3,(H,21,26)(H,22,23). The number of benzene rings is 1. The Kier molecular flexibility index (Phi) is 6.01. The zero-order valence-electron chi connectivity index (χ0n) is 16.2. The lowest BCUT2D eigenvalue weighted by Gasteiger charge is -2.04. The molecule has 2 aromatic heterocycles. The summed E-state index contributed by atoms with van der Waals surface area (Å²) in [4.78, 5) is 12.3. The van der Waals surface area contributed by atoms with E-state index in [1.165, 1.54) is 11.1 Å². The Morgan fingerprint density at radius 2 is 1.96 bits per heavy atom. The highest BCUT2D eigenvalue weighted by molar-refractivity contribution is 7.98. The van der Waals surface area contributed by atoms with Crippen LogP contribution in [0.1, 0.15) is 33.0 Å². The van der Waals surface area contributed by atoms with Crippen LogP contribution in [0.15, 0.2) is 30.3 Å². The second-order valence-corrected chi connectivity index (χ2v) is 7.74. The van der Waals surface area contributed by atoms with Crippen molar-refractivity contribution in [2.45, 2.75) is 26.5 Å². The van der Waals surface area contributed by atoms with E-state index in [9.17, 15) is 4.79 Å². The molecule has 0 spiro atoms. The van der Waals surface area contributed by atoms with Gasteiger partial charge in [-0.15, -0.1) is 0 Å². The summed E-state index contributed by atoms with van der Waals surface area (Å²) in [5, 5.41) is 14.5. The molecule has 3 aromatic rings. The van der Waals surface area contributed by atoms with Crippen molar-refractivity contribution in [1.82, 2.24) is 25.3 Å². The number of aryl methyl sites for hydroxylation is 3. The zero-order chi connectivity index (χ0) is 19.4. The lowest BCUT2D eigenvalue weighted by atomic mass is 10.1. The van der Waals surface area contributed by atoms with Crippen LogP contribution in [0.4, 0.5) is 0 Å². The minimum atomic E-state index is -0.135. The second kappa shape index (κ2) is 8.43. The van der Waals surface area contributed by atoms with Crippen LogP contribution in [0.25, 0.3) is 11.3 Å². The Morgan fingerprint density at radius 3 is 2.63 bits per heavy atom. The molecule has 142 valence electrons. The lowest BCUT2D eigenvalue weighted by Crippen LogP contribution is -2.26. The summed E-state index contributed by atoms with van der Waals surface area (Å²) in [6.45, 7) is 6.65. The highest BCUT2D eigenvalue weighted by Crippen LogP contribution is 2.25. The molecule has 0 fully saturated rings. The van der Waals surface area contributed by atoms with Gasteiger partial charge in [0.05, 0.1) is 11.4 Å². The number of carbonyl (C=O) groups excluding carboxylic acids is 1. The molecule has 7 heteroatoms. The normalized spacial score (nSPS) is 11.0. The Balaban J connectivity index is 1.49. The summed E-state index contributed by atoms with van der Waals surface area (Å²) in [6, 6.07) is 10.3. The van der Waals surface area contributed by atoms with Crippen LogP contribution in [-0.4, -0.2) is 38.2 Å². The Bertz CT molecular complexity index is 927. The maximum Gasteiger partial charge on any atom is 0.269 e. The zero-order valence-corrected chi connectivity index (χ0v) is 17.0. The van der Waals surface area contributed by atoms with Gasteiger partial charge in [-0.2, -0.15) is 22.0 Å². The molecule has 1 amide bonds. The molecule has 2 N–H and O–H groups in total. The third-order valence-electron chi connectivity index (χ3n) is 4.51. The smallest absolute Gasteiger partial charge is 0.269 e. The molecule has 0 saturated heterocycles. The monoisotopic (exact) mass is 383 g/mol. The largest absolute Gasteiger partial charge is 0.350 e. The SMILES string of the molecule is Cc1ccc(CSCCNC(=O)c2cc(-c3c(C)nn(C)c3C)n[nH]2)cc1. The molecule has 3 rings (SSSR count). The van der Waals surface area contributed by atoms with Crippen LogP contribution in [0.5, 0.6) is 0 Å². The summed E-state index contributed by atoms with van der Waals surface area (Å²) in [5.41, 5.74) is 6.69. The molecular weight excluding hydrogens is 358 g/mol. The van der Waals surface area contributed by atoms with Crippen LogP contribution in [-0.2, 0) is 12.8 Å². The summed E-state index contributed by atoms with van der Waals surface area (Å²) in [6.07, 6.45) is 0. The molecule has 1 aromatic carbocycles. The van der Waals surface area contributed by atoms with Gasteiger partial charge >= 0.3 is 0 Å². The van der Waals surface area contributed by atoms with E-state index in [4.69, 9.17) is 0 Å². The number of H-pyrrole nitrogens is 1. The maximum absolute atomic E-state index is 12.3. The Labute approximate surface area is 163 Å². The fourth-order valence-electron chi connectivity index (χ4n) is 2.92. The van der Waals surface area contributed by atoms with Gasteiger partial charge < -0.3 is 5.32 Å². The first-order chi connectivity index (χ1) is 13.0. The van der Waals surface area contributed by atoms with E-state index >= 15 is 0 Å². The van der Waals surface area contributed by atoms with Crippen LogP contribution in [0.3, 0.4) is 0 Å². The molecule has 6 nitrogen and oxygen atoms in total. The van der Waals surface area contributed by atoms with Crippen LogP contribution in [0, 0.1) is 20.8 Å². The topological polar surface area (TPSA) is 75.6 Å². The van der Waals surface area contributed by atoms with Gasteiger partial charge in [0.2, 0.25) is 0 Å². The lowest BCUT2D eigenvalue weighted by molar-refractivity contribution is 0.0951. The van der Waals surface area contributed by atoms with Crippen LogP contribution >= 0.6 is 11.8 Å². The molecule has 0 radical (unpaired) electrons. The number of amides is 1. The quantitative estimate of drug-likeness (QED) is 0.613. The molecule has 2 heterocycles. The van der Waals surface area contributed by atoms with E-state index in [0.29, 0.717) is 12.2 Å². The van der Waals surface area contributed by atoms with Gasteiger partial charge in [-0.3, -0.25) is 14.6 Å². The van der Waals surface area contributed by atoms with Crippen molar-refractivity contribution in [1.29, 1.82) is 0 Å². The molecule has 0 aliphatic rings. The second-order valence-electron chi connectivity index (χ2n) is 6.63. The number of nitrogens with one attached hydrogen (secondary N) is 2. The summed E-state index contributed by atoms with van der Waals surface area (Å²) in [7, 11) is 1.90. The van der Waals surface area contributed by atoms with Crippen molar-refractivity contribution >= 4 is 17.7 Å². The summed E-state index contributed by atoms with van der Waals surface area (Å²) in [5.74, 6) is 1.68. The van der Waals surface area contributed by atoms with Crippen molar-refractivity contribution in [3.8, 4) is 11.3 Å². The van der Waals surface area contributed by atoms with Gasteiger partial charge in [0.1, 0.15) is 5.69 Å². The van der Waals surface area contributed by atoms with Crippen molar-refractivity contribution in [2.75, 3.05) is 12.3 Å².